The summed E-state index contributed by atoms with van der Waals surface area (Å²) in [6.07, 6.45) is 0. The monoisotopic (exact) mass is 227 g/mol. The summed E-state index contributed by atoms with van der Waals surface area (Å²) in [6.45, 7) is 0.646. The zero-order valence-electron chi connectivity index (χ0n) is 8.41. The van der Waals surface area contributed by atoms with E-state index in [9.17, 15) is 13.6 Å². The number of hydrogen-bond donors (Lipinski definition) is 2. The van der Waals surface area contributed by atoms with Crippen molar-refractivity contribution in [1.29, 1.82) is 0 Å². The second-order valence-electron chi connectivity index (χ2n) is 3.85. The third kappa shape index (κ3) is 1.78. The van der Waals surface area contributed by atoms with E-state index in [4.69, 9.17) is 5.11 Å². The van der Waals surface area contributed by atoms with Crippen LogP contribution in [0.15, 0.2) is 18.2 Å². The van der Waals surface area contributed by atoms with Gasteiger partial charge in [-0.15, -0.1) is 0 Å². The molecule has 2 unspecified atom stereocenters. The van der Waals surface area contributed by atoms with Gasteiger partial charge in [-0.25, -0.2) is 8.78 Å². The standard InChI is InChI=1S/C11H11F2NO2/c12-9-3-1-2-6(10(9)13)7-4-14-5-8(7)11(15)16/h1-3,7-8,14H,4-5H2,(H,15,16). The van der Waals surface area contributed by atoms with Crippen molar-refractivity contribution in [3.63, 3.8) is 0 Å². The minimum Gasteiger partial charge on any atom is -0.481 e. The largest absolute Gasteiger partial charge is 0.481 e. The van der Waals surface area contributed by atoms with Crippen molar-refractivity contribution in [3.05, 3.63) is 35.4 Å². The van der Waals surface area contributed by atoms with E-state index in [1.807, 2.05) is 0 Å². The van der Waals surface area contributed by atoms with Crippen molar-refractivity contribution in [2.45, 2.75) is 5.92 Å². The van der Waals surface area contributed by atoms with E-state index in [1.165, 1.54) is 12.1 Å². The molecule has 0 aliphatic carbocycles. The number of carboxylic acids is 1. The summed E-state index contributed by atoms with van der Waals surface area (Å²) in [4.78, 5) is 10.9. The molecule has 0 saturated carbocycles. The number of carboxylic acid groups (broad SMARTS) is 1. The molecule has 86 valence electrons. The Balaban J connectivity index is 2.36. The van der Waals surface area contributed by atoms with Gasteiger partial charge in [0.15, 0.2) is 11.6 Å². The quantitative estimate of drug-likeness (QED) is 0.801. The number of rotatable bonds is 2. The topological polar surface area (TPSA) is 49.3 Å². The molecule has 1 aromatic rings. The molecule has 0 radical (unpaired) electrons. The Morgan fingerprint density at radius 1 is 1.38 bits per heavy atom. The van der Waals surface area contributed by atoms with E-state index in [-0.39, 0.29) is 12.1 Å². The van der Waals surface area contributed by atoms with Crippen LogP contribution in [-0.4, -0.2) is 24.2 Å². The first kappa shape index (κ1) is 11.0. The highest BCUT2D eigenvalue weighted by Gasteiger charge is 2.35. The molecule has 1 heterocycles. The lowest BCUT2D eigenvalue weighted by molar-refractivity contribution is -0.141. The number of halogens is 2. The van der Waals surface area contributed by atoms with Gasteiger partial charge in [0.2, 0.25) is 0 Å². The highest BCUT2D eigenvalue weighted by atomic mass is 19.2. The summed E-state index contributed by atoms with van der Waals surface area (Å²) >= 11 is 0. The maximum absolute atomic E-state index is 13.5. The van der Waals surface area contributed by atoms with Gasteiger partial charge in [0.25, 0.3) is 0 Å². The molecule has 0 bridgehead atoms. The van der Waals surface area contributed by atoms with Crippen molar-refractivity contribution in [2.75, 3.05) is 13.1 Å². The Kier molecular flexibility index (Phi) is 2.87. The molecule has 0 amide bonds. The van der Waals surface area contributed by atoms with E-state index in [0.29, 0.717) is 6.54 Å². The first-order valence-corrected chi connectivity index (χ1v) is 4.98. The minimum atomic E-state index is -0.987. The average Bonchev–Trinajstić information content (AvgIpc) is 2.70. The lowest BCUT2D eigenvalue weighted by Crippen LogP contribution is -2.21. The number of benzene rings is 1. The molecule has 2 atom stereocenters. The van der Waals surface area contributed by atoms with Crippen LogP contribution in [0.3, 0.4) is 0 Å². The molecule has 1 aromatic carbocycles. The van der Waals surface area contributed by atoms with E-state index in [0.717, 1.165) is 6.07 Å². The van der Waals surface area contributed by atoms with Crippen LogP contribution in [-0.2, 0) is 4.79 Å². The van der Waals surface area contributed by atoms with Crippen LogP contribution in [0.5, 0.6) is 0 Å². The molecule has 1 fully saturated rings. The molecule has 1 aliphatic heterocycles. The highest BCUT2D eigenvalue weighted by Crippen LogP contribution is 2.30. The Morgan fingerprint density at radius 3 is 2.81 bits per heavy atom. The van der Waals surface area contributed by atoms with Crippen molar-refractivity contribution in [3.8, 4) is 0 Å². The van der Waals surface area contributed by atoms with Gasteiger partial charge >= 0.3 is 5.97 Å². The molecular weight excluding hydrogens is 216 g/mol. The number of carbonyl (C=O) groups is 1. The van der Waals surface area contributed by atoms with Crippen LogP contribution in [0.4, 0.5) is 8.78 Å². The number of nitrogens with one attached hydrogen (secondary N) is 1. The molecule has 0 aromatic heterocycles. The van der Waals surface area contributed by atoms with Crippen molar-refractivity contribution in [1.82, 2.24) is 5.32 Å². The van der Waals surface area contributed by atoms with Crippen LogP contribution in [0, 0.1) is 17.6 Å². The Labute approximate surface area is 91.1 Å². The van der Waals surface area contributed by atoms with Gasteiger partial charge in [-0.05, 0) is 11.6 Å². The van der Waals surface area contributed by atoms with Crippen LogP contribution in [0.1, 0.15) is 11.5 Å². The van der Waals surface area contributed by atoms with Gasteiger partial charge < -0.3 is 10.4 Å². The van der Waals surface area contributed by atoms with Gasteiger partial charge in [0, 0.05) is 19.0 Å². The summed E-state index contributed by atoms with van der Waals surface area (Å²) in [5, 5.41) is 11.8. The number of hydrogen-bond acceptors (Lipinski definition) is 2. The first-order valence-electron chi connectivity index (χ1n) is 4.98. The maximum Gasteiger partial charge on any atom is 0.308 e. The Morgan fingerprint density at radius 2 is 2.12 bits per heavy atom. The fraction of sp³-hybridized carbons (Fsp3) is 0.364. The van der Waals surface area contributed by atoms with Gasteiger partial charge in [0.1, 0.15) is 0 Å². The fourth-order valence-corrected chi connectivity index (χ4v) is 2.07. The second kappa shape index (κ2) is 4.17. The average molecular weight is 227 g/mol. The normalized spacial score (nSPS) is 24.6. The van der Waals surface area contributed by atoms with Crippen molar-refractivity contribution in [2.24, 2.45) is 5.92 Å². The lowest BCUT2D eigenvalue weighted by atomic mass is 9.88. The maximum atomic E-state index is 13.5. The van der Waals surface area contributed by atoms with Gasteiger partial charge in [-0.2, -0.15) is 0 Å². The highest BCUT2D eigenvalue weighted by molar-refractivity contribution is 5.72. The van der Waals surface area contributed by atoms with Crippen LogP contribution < -0.4 is 5.32 Å². The first-order chi connectivity index (χ1) is 7.61. The fourth-order valence-electron chi connectivity index (χ4n) is 2.07. The molecule has 1 saturated heterocycles. The van der Waals surface area contributed by atoms with Gasteiger partial charge in [-0.3, -0.25) is 4.79 Å². The Hall–Kier alpha value is -1.49. The van der Waals surface area contributed by atoms with Gasteiger partial charge in [-0.1, -0.05) is 12.1 Å². The second-order valence-corrected chi connectivity index (χ2v) is 3.85. The predicted octanol–water partition coefficient (Wildman–Crippen LogP) is 1.35. The van der Waals surface area contributed by atoms with Crippen molar-refractivity contribution >= 4 is 5.97 Å². The van der Waals surface area contributed by atoms with E-state index >= 15 is 0 Å². The minimum absolute atomic E-state index is 0.136. The smallest absolute Gasteiger partial charge is 0.308 e. The molecule has 16 heavy (non-hydrogen) atoms. The molecule has 5 heteroatoms. The molecule has 1 aliphatic rings. The predicted molar refractivity (Wildman–Crippen MR) is 53.1 cm³/mol. The van der Waals surface area contributed by atoms with Crippen LogP contribution >= 0.6 is 0 Å². The van der Waals surface area contributed by atoms with E-state index in [2.05, 4.69) is 5.32 Å². The van der Waals surface area contributed by atoms with Crippen molar-refractivity contribution < 1.29 is 18.7 Å². The molecule has 3 nitrogen and oxygen atoms in total. The summed E-state index contributed by atoms with van der Waals surface area (Å²) in [5.74, 6) is -4.07. The van der Waals surface area contributed by atoms with Crippen LogP contribution in [0.2, 0.25) is 0 Å². The summed E-state index contributed by atoms with van der Waals surface area (Å²) in [6, 6.07) is 3.86. The van der Waals surface area contributed by atoms with Crippen LogP contribution in [0.25, 0.3) is 0 Å². The lowest BCUT2D eigenvalue weighted by Gasteiger charge is -2.15. The molecule has 2 rings (SSSR count). The van der Waals surface area contributed by atoms with E-state index < -0.39 is 29.4 Å². The third-order valence-electron chi connectivity index (χ3n) is 2.91. The SMILES string of the molecule is O=C(O)C1CNCC1c1cccc(F)c1F. The summed E-state index contributed by atoms with van der Waals surface area (Å²) in [7, 11) is 0. The van der Waals surface area contributed by atoms with E-state index in [1.54, 1.807) is 0 Å². The molecule has 0 spiro atoms. The molecule has 2 N–H and O–H groups in total. The molecular formula is C11H11F2NO2. The summed E-state index contributed by atoms with van der Waals surface area (Å²) < 4.78 is 26.5. The van der Waals surface area contributed by atoms with Gasteiger partial charge in [0.05, 0.1) is 5.92 Å². The number of aliphatic carboxylic acids is 1. The zero-order valence-corrected chi connectivity index (χ0v) is 8.41. The summed E-state index contributed by atoms with van der Waals surface area (Å²) in [5.41, 5.74) is 0.136. The Bertz CT molecular complexity index is 422. The third-order valence-corrected chi connectivity index (χ3v) is 2.91. The zero-order chi connectivity index (χ0) is 11.7.